The van der Waals surface area contributed by atoms with Crippen LogP contribution in [-0.4, -0.2) is 23.3 Å². The molecule has 0 aromatic heterocycles. The summed E-state index contributed by atoms with van der Waals surface area (Å²) in [6, 6.07) is -1.11. The Morgan fingerprint density at radius 1 is 1.75 bits per heavy atom. The number of alkyl halides is 1. The van der Waals surface area contributed by atoms with E-state index in [0.717, 1.165) is 0 Å². The zero-order valence-corrected chi connectivity index (χ0v) is 8.29. The minimum atomic E-state index is -1.75. The molecule has 3 N–H and O–H groups in total. The minimum Gasteiger partial charge on any atom is -0.481 e. The van der Waals surface area contributed by atoms with Crippen LogP contribution in [0.5, 0.6) is 0 Å². The van der Waals surface area contributed by atoms with Crippen molar-refractivity contribution < 1.29 is 25.9 Å². The number of halogens is 3. The molecule has 16 heavy (non-hydrogen) atoms. The molecular formula is C10H12F3NO2. The van der Waals surface area contributed by atoms with E-state index < -0.39 is 42.7 Å². The van der Waals surface area contributed by atoms with E-state index in [0.29, 0.717) is 6.08 Å². The van der Waals surface area contributed by atoms with Crippen LogP contribution < -0.4 is 5.72 Å². The summed E-state index contributed by atoms with van der Waals surface area (Å²) in [5.41, 5.74) is -0.00139. The van der Waals surface area contributed by atoms with E-state index in [1.54, 1.807) is 0 Å². The average molecular weight is 237 g/mol. The monoisotopic (exact) mass is 237 g/mol. The van der Waals surface area contributed by atoms with Crippen LogP contribution in [0.25, 0.3) is 0 Å². The molecule has 0 bridgehead atoms. The molecule has 0 aromatic carbocycles. The minimum absolute atomic E-state index is 0.133. The third-order valence-corrected chi connectivity index (χ3v) is 2.21. The van der Waals surface area contributed by atoms with Crippen LogP contribution in [0, 0.1) is 0 Å². The molecule has 0 aliphatic heterocycles. The first-order valence-electron chi connectivity index (χ1n) is 5.58. The van der Waals surface area contributed by atoms with Gasteiger partial charge in [-0.05, 0) is 18.1 Å². The van der Waals surface area contributed by atoms with Crippen LogP contribution in [0.4, 0.5) is 13.2 Å². The number of hydrogen-bond donors (Lipinski definition) is 2. The zero-order chi connectivity index (χ0) is 13.9. The van der Waals surface area contributed by atoms with Gasteiger partial charge in [0.1, 0.15) is 14.8 Å². The lowest BCUT2D eigenvalue weighted by Crippen LogP contribution is -2.26. The van der Waals surface area contributed by atoms with E-state index in [-0.39, 0.29) is 17.7 Å². The second-order valence-electron chi connectivity index (χ2n) is 3.60. The van der Waals surface area contributed by atoms with E-state index in [1.165, 1.54) is 0 Å². The van der Waals surface area contributed by atoms with Gasteiger partial charge in [-0.1, -0.05) is 0 Å². The molecule has 0 spiro atoms. The summed E-state index contributed by atoms with van der Waals surface area (Å²) >= 11 is 0. The number of aliphatic carboxylic acids is 1. The van der Waals surface area contributed by atoms with Gasteiger partial charge < -0.3 is 10.8 Å². The first kappa shape index (κ1) is 9.89. The van der Waals surface area contributed by atoms with E-state index in [1.807, 2.05) is 0 Å². The number of carbonyl (C=O) groups is 1. The molecular weight excluding hydrogens is 223 g/mol. The van der Waals surface area contributed by atoms with Gasteiger partial charge in [-0.2, -0.15) is 0 Å². The van der Waals surface area contributed by atoms with Crippen molar-refractivity contribution in [1.29, 1.82) is 0 Å². The van der Waals surface area contributed by atoms with Gasteiger partial charge in [0.05, 0.1) is 6.42 Å². The third-order valence-electron chi connectivity index (χ3n) is 2.21. The lowest BCUT2D eigenvalue weighted by atomic mass is 9.94. The molecule has 1 aliphatic rings. The summed E-state index contributed by atoms with van der Waals surface area (Å²) in [5, 5.41) is 8.57. The molecule has 1 aliphatic carbocycles. The highest BCUT2D eigenvalue weighted by atomic mass is 19.2. The Morgan fingerprint density at radius 2 is 2.44 bits per heavy atom. The smallest absolute Gasteiger partial charge is 0.304 e. The van der Waals surface area contributed by atoms with Gasteiger partial charge in [-0.25, -0.2) is 13.2 Å². The van der Waals surface area contributed by atoms with Gasteiger partial charge in [-0.3, -0.25) is 4.79 Å². The van der Waals surface area contributed by atoms with Crippen molar-refractivity contribution in [1.82, 2.24) is 0 Å². The Morgan fingerprint density at radius 3 is 3.00 bits per heavy atom. The molecule has 6 heteroatoms. The maximum atomic E-state index is 13.4. The van der Waals surface area contributed by atoms with Crippen LogP contribution in [0.1, 0.15) is 19.3 Å². The second kappa shape index (κ2) is 5.16. The molecule has 0 radical (unpaired) electrons. The summed E-state index contributed by atoms with van der Waals surface area (Å²) in [4.78, 5) is 10.5. The van der Waals surface area contributed by atoms with E-state index >= 15 is 0 Å². The Bertz CT molecular complexity index is 399. The molecule has 90 valence electrons. The lowest BCUT2D eigenvalue weighted by molar-refractivity contribution is -0.137. The maximum absolute atomic E-state index is 13.4. The highest BCUT2D eigenvalue weighted by Gasteiger charge is 2.25. The molecule has 1 unspecified atom stereocenters. The Hall–Kier alpha value is -1.30. The summed E-state index contributed by atoms with van der Waals surface area (Å²) in [6.45, 7) is 0. The van der Waals surface area contributed by atoms with Crippen LogP contribution in [0.2, 0.25) is 2.82 Å². The van der Waals surface area contributed by atoms with Gasteiger partial charge in [0.15, 0.2) is 5.83 Å². The SMILES string of the molecule is [2H]N([2H])[C@@H](CC(=O)O)CC1=CC(F)=C(F)CC1F. The molecule has 0 heterocycles. The second-order valence-corrected chi connectivity index (χ2v) is 3.60. The molecule has 2 atom stereocenters. The van der Waals surface area contributed by atoms with Crippen molar-refractivity contribution >= 4 is 5.97 Å². The van der Waals surface area contributed by atoms with Crippen molar-refractivity contribution in [2.45, 2.75) is 31.5 Å². The van der Waals surface area contributed by atoms with Gasteiger partial charge >= 0.3 is 5.97 Å². The van der Waals surface area contributed by atoms with Crippen molar-refractivity contribution in [3.8, 4) is 0 Å². The van der Waals surface area contributed by atoms with Crippen LogP contribution >= 0.6 is 0 Å². The standard InChI is InChI=1S/C10H12F3NO2/c11-7-4-9(13)8(12)2-5(7)1-6(14)3-10(15)16/h2,6-7H,1,3-4,14H2,(H,15,16)/t6-,7?/m1/s1/i/hD2. The normalized spacial score (nSPS) is 25.0. The number of nitrogens with two attached hydrogens (primary N) is 1. The lowest BCUT2D eigenvalue weighted by Gasteiger charge is -2.19. The number of allylic oxidation sites excluding steroid dienone is 3. The van der Waals surface area contributed by atoms with E-state index in [2.05, 4.69) is 0 Å². The van der Waals surface area contributed by atoms with Crippen LogP contribution in [0.3, 0.4) is 0 Å². The average Bonchev–Trinajstić information content (AvgIpc) is 2.23. The molecule has 0 saturated carbocycles. The Labute approximate surface area is 93.4 Å². The Balaban J connectivity index is 2.80. The topological polar surface area (TPSA) is 63.3 Å². The first-order valence-corrected chi connectivity index (χ1v) is 4.68. The van der Waals surface area contributed by atoms with E-state index in [4.69, 9.17) is 7.93 Å². The zero-order valence-electron chi connectivity index (χ0n) is 10.3. The predicted molar refractivity (Wildman–Crippen MR) is 51.7 cm³/mol. The molecule has 3 nitrogen and oxygen atoms in total. The van der Waals surface area contributed by atoms with Gasteiger partial charge in [0.2, 0.25) is 0 Å². The fourth-order valence-corrected chi connectivity index (χ4v) is 1.45. The number of carboxylic acids is 1. The van der Waals surface area contributed by atoms with Crippen molar-refractivity contribution in [2.75, 3.05) is 0 Å². The summed E-state index contributed by atoms with van der Waals surface area (Å²) in [7, 11) is 0. The highest BCUT2D eigenvalue weighted by molar-refractivity contribution is 5.67. The fraction of sp³-hybridized carbons (Fsp3) is 0.500. The molecule has 1 rings (SSSR count). The summed E-state index contributed by atoms with van der Waals surface area (Å²) in [5.74, 6) is -3.62. The highest BCUT2D eigenvalue weighted by Crippen LogP contribution is 2.30. The fourth-order valence-electron chi connectivity index (χ4n) is 1.45. The van der Waals surface area contributed by atoms with Crippen LogP contribution in [0.15, 0.2) is 23.3 Å². The number of rotatable bonds is 5. The Kier molecular flexibility index (Phi) is 3.19. The van der Waals surface area contributed by atoms with E-state index in [9.17, 15) is 18.0 Å². The third kappa shape index (κ3) is 3.37. The van der Waals surface area contributed by atoms with Gasteiger partial charge in [0, 0.05) is 12.5 Å². The van der Waals surface area contributed by atoms with Crippen molar-refractivity contribution in [3.63, 3.8) is 0 Å². The predicted octanol–water partition coefficient (Wildman–Crippen LogP) is 2.00. The van der Waals surface area contributed by atoms with Gasteiger partial charge in [-0.15, -0.1) is 0 Å². The molecule has 0 saturated heterocycles. The summed E-state index contributed by atoms with van der Waals surface area (Å²) < 4.78 is 53.2. The van der Waals surface area contributed by atoms with Crippen LogP contribution in [-0.2, 0) is 4.79 Å². The van der Waals surface area contributed by atoms with Crippen molar-refractivity contribution in [3.05, 3.63) is 23.3 Å². The first-order chi connectivity index (χ1) is 8.31. The molecule has 0 fully saturated rings. The molecule has 0 aromatic rings. The largest absolute Gasteiger partial charge is 0.481 e. The maximum Gasteiger partial charge on any atom is 0.304 e. The number of hydrogen-bond acceptors (Lipinski definition) is 2. The van der Waals surface area contributed by atoms with Gasteiger partial charge in [0.25, 0.3) is 0 Å². The summed E-state index contributed by atoms with van der Waals surface area (Å²) in [6.07, 6.45) is -2.66. The molecule has 0 amide bonds. The number of carboxylic acid groups (broad SMARTS) is 1. The van der Waals surface area contributed by atoms with Crippen molar-refractivity contribution in [2.24, 2.45) is 5.72 Å². The quantitative estimate of drug-likeness (QED) is 0.768.